The van der Waals surface area contributed by atoms with E-state index in [-0.39, 0.29) is 11.0 Å². The summed E-state index contributed by atoms with van der Waals surface area (Å²) in [4.78, 5) is 34.3. The lowest BCUT2D eigenvalue weighted by molar-refractivity contribution is -0.123. The summed E-state index contributed by atoms with van der Waals surface area (Å²) in [5, 5.41) is 10.8. The molecule has 0 bridgehead atoms. The Morgan fingerprint density at radius 3 is 2.62 bits per heavy atom. The highest BCUT2D eigenvalue weighted by molar-refractivity contribution is 7.14. The standard InChI is InChI=1S/C26H21FN8OS/c1-26(2,3)25(36)31-15-6-13(8-28-10-15)14-7-16-22(34-35-23(16)30-9-14)24-32-18-12-29-11-17(21(18)33-24)19-4-5-20(27)37-19/h4-12H,1-3H3,(H,31,36)(H,32,33)(H,30,34,35). The van der Waals surface area contributed by atoms with Gasteiger partial charge in [-0.2, -0.15) is 9.49 Å². The third-order valence-electron chi connectivity index (χ3n) is 5.89. The molecule has 0 aliphatic heterocycles. The largest absolute Gasteiger partial charge is 0.335 e. The molecule has 37 heavy (non-hydrogen) atoms. The first-order chi connectivity index (χ1) is 17.8. The van der Waals surface area contributed by atoms with Crippen LogP contribution in [0.5, 0.6) is 0 Å². The van der Waals surface area contributed by atoms with Crippen LogP contribution in [-0.2, 0) is 4.79 Å². The summed E-state index contributed by atoms with van der Waals surface area (Å²) in [6, 6.07) is 6.96. The fraction of sp³-hybridized carbons (Fsp3) is 0.154. The molecule has 0 radical (unpaired) electrons. The topological polar surface area (TPSA) is 125 Å². The Bertz CT molecular complexity index is 1800. The summed E-state index contributed by atoms with van der Waals surface area (Å²) in [6.07, 6.45) is 8.41. The number of aromatic amines is 2. The number of thiophene rings is 1. The van der Waals surface area contributed by atoms with E-state index in [0.717, 1.165) is 43.8 Å². The molecule has 6 rings (SSSR count). The van der Waals surface area contributed by atoms with Gasteiger partial charge < -0.3 is 10.3 Å². The minimum absolute atomic E-state index is 0.0961. The van der Waals surface area contributed by atoms with Crippen molar-refractivity contribution in [2.45, 2.75) is 20.8 Å². The van der Waals surface area contributed by atoms with Gasteiger partial charge in [-0.3, -0.25) is 19.9 Å². The van der Waals surface area contributed by atoms with Crippen LogP contribution in [0.3, 0.4) is 0 Å². The second kappa shape index (κ2) is 8.56. The van der Waals surface area contributed by atoms with Gasteiger partial charge in [-0.25, -0.2) is 9.97 Å². The Kier molecular flexibility index (Phi) is 5.30. The Balaban J connectivity index is 1.40. The normalized spacial score (nSPS) is 11.9. The van der Waals surface area contributed by atoms with Crippen LogP contribution in [0.4, 0.5) is 10.1 Å². The molecule has 0 saturated carbocycles. The molecular weight excluding hydrogens is 491 g/mol. The smallest absolute Gasteiger partial charge is 0.229 e. The number of carbonyl (C=O) groups is 1. The molecule has 0 aliphatic rings. The first kappa shape index (κ1) is 22.9. The van der Waals surface area contributed by atoms with Crippen molar-refractivity contribution in [3.05, 3.63) is 60.4 Å². The molecule has 6 aromatic rings. The number of fused-ring (bicyclic) bond motifs is 2. The lowest BCUT2D eigenvalue weighted by atomic mass is 9.95. The third-order valence-corrected chi connectivity index (χ3v) is 6.80. The van der Waals surface area contributed by atoms with Gasteiger partial charge in [0.2, 0.25) is 5.91 Å². The number of H-pyrrole nitrogens is 2. The summed E-state index contributed by atoms with van der Waals surface area (Å²) in [6.45, 7) is 5.56. The lowest BCUT2D eigenvalue weighted by Crippen LogP contribution is -2.27. The van der Waals surface area contributed by atoms with Gasteiger partial charge in [-0.1, -0.05) is 20.8 Å². The fourth-order valence-corrected chi connectivity index (χ4v) is 4.66. The molecule has 1 amide bonds. The van der Waals surface area contributed by atoms with Crippen LogP contribution in [0.2, 0.25) is 0 Å². The summed E-state index contributed by atoms with van der Waals surface area (Å²) >= 11 is 1.05. The van der Waals surface area contributed by atoms with Crippen LogP contribution in [0, 0.1) is 10.5 Å². The molecule has 184 valence electrons. The van der Waals surface area contributed by atoms with Gasteiger partial charge in [0.15, 0.2) is 16.6 Å². The molecule has 0 aliphatic carbocycles. The number of imidazole rings is 1. The van der Waals surface area contributed by atoms with Crippen molar-refractivity contribution >= 4 is 45.0 Å². The lowest BCUT2D eigenvalue weighted by Gasteiger charge is -2.17. The minimum atomic E-state index is -0.526. The molecule has 6 aromatic heterocycles. The predicted octanol–water partition coefficient (Wildman–Crippen LogP) is 5.81. The third kappa shape index (κ3) is 4.23. The molecule has 11 heteroatoms. The maximum absolute atomic E-state index is 13.7. The number of halogens is 1. The maximum Gasteiger partial charge on any atom is 0.229 e. The first-order valence-corrected chi connectivity index (χ1v) is 12.3. The van der Waals surface area contributed by atoms with Crippen molar-refractivity contribution in [3.63, 3.8) is 0 Å². The van der Waals surface area contributed by atoms with Gasteiger partial charge in [0.1, 0.15) is 11.2 Å². The molecule has 0 fully saturated rings. The van der Waals surface area contributed by atoms with Gasteiger partial charge >= 0.3 is 0 Å². The van der Waals surface area contributed by atoms with Crippen molar-refractivity contribution in [1.82, 2.24) is 35.1 Å². The zero-order valence-corrected chi connectivity index (χ0v) is 20.9. The number of rotatable bonds is 4. The fourth-order valence-electron chi connectivity index (χ4n) is 3.91. The summed E-state index contributed by atoms with van der Waals surface area (Å²) < 4.78 is 13.7. The van der Waals surface area contributed by atoms with E-state index in [1.54, 1.807) is 37.1 Å². The summed E-state index contributed by atoms with van der Waals surface area (Å²) in [5.74, 6) is 0.466. The van der Waals surface area contributed by atoms with Crippen LogP contribution >= 0.6 is 11.3 Å². The average Bonchev–Trinajstić information content (AvgIpc) is 3.60. The van der Waals surface area contributed by atoms with Crippen molar-refractivity contribution in [3.8, 4) is 33.1 Å². The monoisotopic (exact) mass is 512 g/mol. The number of carbonyl (C=O) groups excluding carboxylic acids is 1. The predicted molar refractivity (Wildman–Crippen MR) is 141 cm³/mol. The van der Waals surface area contributed by atoms with Crippen LogP contribution in [0.1, 0.15) is 20.8 Å². The first-order valence-electron chi connectivity index (χ1n) is 11.5. The van der Waals surface area contributed by atoms with Gasteiger partial charge in [-0.05, 0) is 24.3 Å². The van der Waals surface area contributed by atoms with E-state index in [0.29, 0.717) is 28.4 Å². The SMILES string of the molecule is CC(C)(C)C(=O)Nc1cncc(-c2cnc3n[nH]c(-c4nc5c(-c6ccc(F)s6)cncc5[nH]4)c3c2)c1. The number of hydrogen-bond donors (Lipinski definition) is 3. The number of anilines is 1. The van der Waals surface area contributed by atoms with Gasteiger partial charge in [-0.15, -0.1) is 11.3 Å². The average molecular weight is 513 g/mol. The van der Waals surface area contributed by atoms with E-state index >= 15 is 0 Å². The van der Waals surface area contributed by atoms with Crippen LogP contribution in [0.25, 0.3) is 55.2 Å². The molecule has 0 saturated heterocycles. The molecular formula is C26H21FN8OS. The number of pyridine rings is 3. The molecule has 6 heterocycles. The van der Waals surface area contributed by atoms with Crippen molar-refractivity contribution in [1.29, 1.82) is 0 Å². The van der Waals surface area contributed by atoms with Crippen LogP contribution in [0.15, 0.2) is 55.2 Å². The molecule has 0 spiro atoms. The van der Waals surface area contributed by atoms with E-state index in [2.05, 4.69) is 35.5 Å². The highest BCUT2D eigenvalue weighted by Gasteiger charge is 2.22. The molecule has 0 aromatic carbocycles. The summed E-state index contributed by atoms with van der Waals surface area (Å²) in [5.41, 5.74) is 5.03. The second-order valence-electron chi connectivity index (χ2n) is 9.63. The van der Waals surface area contributed by atoms with Crippen molar-refractivity contribution in [2.24, 2.45) is 5.41 Å². The van der Waals surface area contributed by atoms with E-state index in [9.17, 15) is 9.18 Å². The van der Waals surface area contributed by atoms with Crippen LogP contribution in [-0.4, -0.2) is 41.0 Å². The zero-order valence-electron chi connectivity index (χ0n) is 20.1. The highest BCUT2D eigenvalue weighted by Crippen LogP contribution is 2.34. The van der Waals surface area contributed by atoms with Crippen molar-refractivity contribution in [2.75, 3.05) is 5.32 Å². The van der Waals surface area contributed by atoms with Gasteiger partial charge in [0.25, 0.3) is 0 Å². The number of nitrogens with zero attached hydrogens (tertiary/aromatic N) is 5. The van der Waals surface area contributed by atoms with E-state index in [4.69, 9.17) is 4.98 Å². The zero-order chi connectivity index (χ0) is 25.7. The highest BCUT2D eigenvalue weighted by atomic mass is 32.1. The number of amides is 1. The number of nitrogens with one attached hydrogen (secondary N) is 3. The molecule has 9 nitrogen and oxygen atoms in total. The van der Waals surface area contributed by atoms with Crippen molar-refractivity contribution < 1.29 is 9.18 Å². The Hall–Kier alpha value is -4.51. The van der Waals surface area contributed by atoms with Gasteiger partial charge in [0.05, 0.1) is 29.0 Å². The molecule has 0 unspecified atom stereocenters. The maximum atomic E-state index is 13.7. The number of hydrogen-bond acceptors (Lipinski definition) is 7. The Morgan fingerprint density at radius 2 is 1.84 bits per heavy atom. The number of aromatic nitrogens is 7. The Morgan fingerprint density at radius 1 is 1.03 bits per heavy atom. The molecule has 3 N–H and O–H groups in total. The van der Waals surface area contributed by atoms with Gasteiger partial charge in [0, 0.05) is 45.6 Å². The van der Waals surface area contributed by atoms with E-state index in [1.807, 2.05) is 32.9 Å². The van der Waals surface area contributed by atoms with Crippen LogP contribution < -0.4 is 5.32 Å². The Labute approximate surface area is 214 Å². The quantitative estimate of drug-likeness (QED) is 0.274. The second-order valence-corrected chi connectivity index (χ2v) is 10.7. The minimum Gasteiger partial charge on any atom is -0.335 e. The summed E-state index contributed by atoms with van der Waals surface area (Å²) in [7, 11) is 0. The van der Waals surface area contributed by atoms with E-state index < -0.39 is 5.41 Å². The molecule has 0 atom stereocenters. The van der Waals surface area contributed by atoms with E-state index in [1.165, 1.54) is 6.07 Å².